The number of hydrogen-bond acceptors (Lipinski definition) is 1. The Bertz CT molecular complexity index is 150. The fourth-order valence-electron chi connectivity index (χ4n) is 0.852. The molecule has 0 saturated heterocycles. The summed E-state index contributed by atoms with van der Waals surface area (Å²) in [4.78, 5) is 10.8. The summed E-state index contributed by atoms with van der Waals surface area (Å²) in [6.45, 7) is 7.22. The highest BCUT2D eigenvalue weighted by Crippen LogP contribution is 2.31. The molecule has 0 saturated carbocycles. The zero-order valence-corrected chi connectivity index (χ0v) is 8.83. The number of carbonyl (C=O) groups is 1. The highest BCUT2D eigenvalue weighted by atomic mass is 35.5. The van der Waals surface area contributed by atoms with Crippen LogP contribution in [-0.2, 0) is 4.79 Å². The molecule has 0 N–H and O–H groups in total. The molecular formula is C8H14Cl2O. The fourth-order valence-corrected chi connectivity index (χ4v) is 1.07. The van der Waals surface area contributed by atoms with Crippen molar-refractivity contribution in [2.75, 3.05) is 0 Å². The van der Waals surface area contributed by atoms with Crippen molar-refractivity contribution in [1.29, 1.82) is 0 Å². The quantitative estimate of drug-likeness (QED) is 0.635. The van der Waals surface area contributed by atoms with Gasteiger partial charge in [-0.3, -0.25) is 4.79 Å². The van der Waals surface area contributed by atoms with E-state index >= 15 is 0 Å². The molecule has 0 heterocycles. The molecule has 0 aromatic rings. The summed E-state index contributed by atoms with van der Waals surface area (Å²) >= 11 is 11.3. The first-order valence-electron chi connectivity index (χ1n) is 3.62. The van der Waals surface area contributed by atoms with Gasteiger partial charge in [-0.1, -0.05) is 27.7 Å². The minimum Gasteiger partial charge on any atom is -0.299 e. The Balaban J connectivity index is 4.43. The third-order valence-electron chi connectivity index (χ3n) is 1.70. The molecule has 0 aliphatic rings. The summed E-state index contributed by atoms with van der Waals surface area (Å²) in [5, 5.41) is 0. The van der Waals surface area contributed by atoms with E-state index in [0.717, 1.165) is 0 Å². The maximum absolute atomic E-state index is 11.4. The van der Waals surface area contributed by atoms with Gasteiger partial charge in [0.25, 0.3) is 0 Å². The van der Waals surface area contributed by atoms with E-state index in [2.05, 4.69) is 0 Å². The van der Waals surface area contributed by atoms with Crippen LogP contribution in [0.25, 0.3) is 0 Å². The van der Waals surface area contributed by atoms with Gasteiger partial charge in [0.05, 0.1) is 5.41 Å². The Morgan fingerprint density at radius 3 is 1.73 bits per heavy atom. The number of hydrogen-bond donors (Lipinski definition) is 0. The SMILES string of the molecule is CC(C)C(=O)C(C)(C)C(Cl)Cl. The molecule has 0 bridgehead atoms. The van der Waals surface area contributed by atoms with Gasteiger partial charge in [-0.2, -0.15) is 0 Å². The van der Waals surface area contributed by atoms with Crippen molar-refractivity contribution in [2.24, 2.45) is 11.3 Å². The van der Waals surface area contributed by atoms with E-state index in [4.69, 9.17) is 23.2 Å². The van der Waals surface area contributed by atoms with Gasteiger partial charge < -0.3 is 0 Å². The Morgan fingerprint density at radius 1 is 1.27 bits per heavy atom. The molecule has 0 amide bonds. The largest absolute Gasteiger partial charge is 0.299 e. The first-order chi connectivity index (χ1) is 4.80. The second kappa shape index (κ2) is 3.77. The molecule has 0 spiro atoms. The van der Waals surface area contributed by atoms with E-state index in [0.29, 0.717) is 0 Å². The molecule has 11 heavy (non-hydrogen) atoms. The minimum atomic E-state index is -0.628. The molecule has 0 aliphatic heterocycles. The number of Topliss-reactive ketones (excluding diaryl/α,β-unsaturated/α-hetero) is 1. The highest BCUT2D eigenvalue weighted by molar-refractivity contribution is 6.45. The molecule has 0 fully saturated rings. The van der Waals surface area contributed by atoms with Crippen LogP contribution in [-0.4, -0.2) is 10.6 Å². The average molecular weight is 197 g/mol. The molecule has 0 rings (SSSR count). The van der Waals surface area contributed by atoms with Crippen LogP contribution >= 0.6 is 23.2 Å². The predicted molar refractivity (Wildman–Crippen MR) is 49.1 cm³/mol. The zero-order chi connectivity index (χ0) is 9.23. The summed E-state index contributed by atoms with van der Waals surface area (Å²) < 4.78 is 0. The summed E-state index contributed by atoms with van der Waals surface area (Å²) in [7, 11) is 0. The van der Waals surface area contributed by atoms with Crippen molar-refractivity contribution >= 4 is 29.0 Å². The third-order valence-corrected chi connectivity index (χ3v) is 2.80. The van der Waals surface area contributed by atoms with Crippen LogP contribution in [0.2, 0.25) is 0 Å². The van der Waals surface area contributed by atoms with Crippen molar-refractivity contribution in [2.45, 2.75) is 32.5 Å². The Labute approximate surface area is 78.1 Å². The van der Waals surface area contributed by atoms with Crippen LogP contribution in [0.15, 0.2) is 0 Å². The van der Waals surface area contributed by atoms with Crippen LogP contribution < -0.4 is 0 Å². The second-order valence-corrected chi connectivity index (χ2v) is 4.64. The van der Waals surface area contributed by atoms with Crippen LogP contribution in [0.5, 0.6) is 0 Å². The van der Waals surface area contributed by atoms with Gasteiger partial charge in [-0.15, -0.1) is 23.2 Å². The number of alkyl halides is 2. The lowest BCUT2D eigenvalue weighted by atomic mass is 9.84. The maximum atomic E-state index is 11.4. The van der Waals surface area contributed by atoms with Crippen molar-refractivity contribution in [3.05, 3.63) is 0 Å². The van der Waals surface area contributed by atoms with Gasteiger partial charge in [0.15, 0.2) is 0 Å². The van der Waals surface area contributed by atoms with E-state index in [9.17, 15) is 4.79 Å². The normalized spacial score (nSPS) is 12.7. The van der Waals surface area contributed by atoms with Gasteiger partial charge in [0.2, 0.25) is 0 Å². The monoisotopic (exact) mass is 196 g/mol. The Morgan fingerprint density at radius 2 is 1.64 bits per heavy atom. The first kappa shape index (κ1) is 11.2. The maximum Gasteiger partial charge on any atom is 0.143 e. The van der Waals surface area contributed by atoms with Crippen molar-refractivity contribution in [3.8, 4) is 0 Å². The molecule has 0 radical (unpaired) electrons. The van der Waals surface area contributed by atoms with Crippen molar-refractivity contribution in [1.82, 2.24) is 0 Å². The molecule has 0 atom stereocenters. The fraction of sp³-hybridized carbons (Fsp3) is 0.875. The van der Waals surface area contributed by atoms with Gasteiger partial charge in [-0.25, -0.2) is 0 Å². The van der Waals surface area contributed by atoms with E-state index in [1.54, 1.807) is 13.8 Å². The van der Waals surface area contributed by atoms with E-state index in [-0.39, 0.29) is 11.7 Å². The van der Waals surface area contributed by atoms with Gasteiger partial charge in [-0.05, 0) is 0 Å². The smallest absolute Gasteiger partial charge is 0.143 e. The number of ketones is 1. The first-order valence-corrected chi connectivity index (χ1v) is 4.50. The zero-order valence-electron chi connectivity index (χ0n) is 7.32. The lowest BCUT2D eigenvalue weighted by Crippen LogP contribution is -2.34. The van der Waals surface area contributed by atoms with Crippen molar-refractivity contribution in [3.63, 3.8) is 0 Å². The lowest BCUT2D eigenvalue weighted by molar-refractivity contribution is -0.129. The van der Waals surface area contributed by atoms with Crippen LogP contribution in [0, 0.1) is 11.3 Å². The molecule has 1 nitrogen and oxygen atoms in total. The van der Waals surface area contributed by atoms with Gasteiger partial charge in [0.1, 0.15) is 10.6 Å². The molecule has 0 aliphatic carbocycles. The van der Waals surface area contributed by atoms with E-state index in [1.807, 2.05) is 13.8 Å². The van der Waals surface area contributed by atoms with Crippen molar-refractivity contribution < 1.29 is 4.79 Å². The Kier molecular flexibility index (Phi) is 3.86. The number of halogens is 2. The summed E-state index contributed by atoms with van der Waals surface area (Å²) in [5.74, 6) is 0.0949. The molecule has 3 heteroatoms. The van der Waals surface area contributed by atoms with Gasteiger partial charge in [0, 0.05) is 5.92 Å². The van der Waals surface area contributed by atoms with Crippen LogP contribution in [0.1, 0.15) is 27.7 Å². The Hall–Kier alpha value is 0.250. The third kappa shape index (κ3) is 2.64. The number of carbonyl (C=O) groups excluding carboxylic acids is 1. The summed E-state index contributed by atoms with van der Waals surface area (Å²) in [6, 6.07) is 0. The molecule has 66 valence electrons. The number of rotatable bonds is 3. The molecular weight excluding hydrogens is 183 g/mol. The summed E-state index contributed by atoms with van der Waals surface area (Å²) in [6.07, 6.45) is 0. The second-order valence-electron chi connectivity index (χ2n) is 3.54. The molecule has 0 aromatic carbocycles. The minimum absolute atomic E-state index is 0.00926. The van der Waals surface area contributed by atoms with Gasteiger partial charge >= 0.3 is 0 Å². The standard InChI is InChI=1S/C8H14Cl2O/c1-5(2)6(11)8(3,4)7(9)10/h5,7H,1-4H3. The lowest BCUT2D eigenvalue weighted by Gasteiger charge is -2.25. The van der Waals surface area contributed by atoms with E-state index in [1.165, 1.54) is 0 Å². The van der Waals surface area contributed by atoms with Crippen LogP contribution in [0.3, 0.4) is 0 Å². The van der Waals surface area contributed by atoms with Crippen LogP contribution in [0.4, 0.5) is 0 Å². The topological polar surface area (TPSA) is 17.1 Å². The highest BCUT2D eigenvalue weighted by Gasteiger charge is 2.35. The molecule has 0 aromatic heterocycles. The average Bonchev–Trinajstić information content (AvgIpc) is 1.85. The summed E-state index contributed by atoms with van der Waals surface area (Å²) in [5.41, 5.74) is -0.628. The predicted octanol–water partition coefficient (Wildman–Crippen LogP) is 3.04. The van der Waals surface area contributed by atoms with E-state index < -0.39 is 10.3 Å². The molecule has 0 unspecified atom stereocenters.